The lowest BCUT2D eigenvalue weighted by Gasteiger charge is -2.39. The van der Waals surface area contributed by atoms with Crippen LogP contribution in [0, 0.1) is 6.92 Å². The molecule has 0 aliphatic carbocycles. The summed E-state index contributed by atoms with van der Waals surface area (Å²) in [6, 6.07) is 13.1. The molecule has 3 nitrogen and oxygen atoms in total. The van der Waals surface area contributed by atoms with Gasteiger partial charge in [-0.1, -0.05) is 18.2 Å². The topological polar surface area (TPSA) is 21.1 Å². The fourth-order valence-corrected chi connectivity index (χ4v) is 5.56. The van der Waals surface area contributed by atoms with Crippen molar-refractivity contribution in [2.75, 3.05) is 0 Å². The summed E-state index contributed by atoms with van der Waals surface area (Å²) in [5.41, 5.74) is 2.56. The van der Waals surface area contributed by atoms with E-state index in [0.717, 1.165) is 24.3 Å². The van der Waals surface area contributed by atoms with E-state index in [4.69, 9.17) is 0 Å². The van der Waals surface area contributed by atoms with Crippen LogP contribution in [-0.2, 0) is 6.54 Å². The van der Waals surface area contributed by atoms with E-state index in [-0.39, 0.29) is 0 Å². The Balaban J connectivity index is 1.38. The lowest BCUT2D eigenvalue weighted by atomic mass is 9.97. The van der Waals surface area contributed by atoms with Gasteiger partial charge in [0.15, 0.2) is 0 Å². The monoisotopic (exact) mass is 337 g/mol. The maximum atomic E-state index is 4.68. The Morgan fingerprint density at radius 2 is 1.88 bits per heavy atom. The Morgan fingerprint density at radius 1 is 1.08 bits per heavy atom. The predicted molar refractivity (Wildman–Crippen MR) is 99.4 cm³/mol. The smallest absolute Gasteiger partial charge is 0.107 e. The largest absolute Gasteiger partial charge is 0.344 e. The second-order valence-corrected chi connectivity index (χ2v) is 8.29. The van der Waals surface area contributed by atoms with Gasteiger partial charge in [0.05, 0.1) is 6.54 Å². The SMILES string of the molecule is Cc1csc(CN2[C@@H]3CC[C@H]2CC(n2ccc4ccccc42)C3)n1. The highest BCUT2D eigenvalue weighted by molar-refractivity contribution is 7.09. The molecule has 2 fully saturated rings. The summed E-state index contributed by atoms with van der Waals surface area (Å²) in [6.07, 6.45) is 7.56. The van der Waals surface area contributed by atoms with Gasteiger partial charge in [-0.3, -0.25) is 4.90 Å². The Kier molecular flexibility index (Phi) is 3.49. The fraction of sp³-hybridized carbons (Fsp3) is 0.450. The number of nitrogens with zero attached hydrogens (tertiary/aromatic N) is 3. The van der Waals surface area contributed by atoms with Crippen molar-refractivity contribution in [1.29, 1.82) is 0 Å². The Bertz CT molecular complexity index is 851. The van der Waals surface area contributed by atoms with Crippen LogP contribution < -0.4 is 0 Å². The number of fused-ring (bicyclic) bond motifs is 3. The van der Waals surface area contributed by atoms with E-state index in [1.54, 1.807) is 0 Å². The molecule has 3 atom stereocenters. The number of benzene rings is 1. The first-order valence-electron chi connectivity index (χ1n) is 9.00. The van der Waals surface area contributed by atoms with Crippen LogP contribution in [0.2, 0.25) is 0 Å². The molecule has 2 bridgehead atoms. The van der Waals surface area contributed by atoms with Gasteiger partial charge in [0.25, 0.3) is 0 Å². The third-order valence-electron chi connectivity index (χ3n) is 5.87. The number of hydrogen-bond donors (Lipinski definition) is 0. The average Bonchev–Trinajstić information content (AvgIpc) is 3.25. The van der Waals surface area contributed by atoms with E-state index in [1.165, 1.54) is 41.6 Å². The Hall–Kier alpha value is -1.65. The maximum Gasteiger partial charge on any atom is 0.107 e. The van der Waals surface area contributed by atoms with E-state index in [9.17, 15) is 0 Å². The quantitative estimate of drug-likeness (QED) is 0.686. The van der Waals surface area contributed by atoms with Crippen molar-refractivity contribution in [2.24, 2.45) is 0 Å². The van der Waals surface area contributed by atoms with Gasteiger partial charge in [-0.05, 0) is 50.1 Å². The van der Waals surface area contributed by atoms with Crippen LogP contribution in [0.3, 0.4) is 0 Å². The molecule has 2 aliphatic heterocycles. The molecule has 0 saturated carbocycles. The molecule has 1 aromatic carbocycles. The van der Waals surface area contributed by atoms with Gasteiger partial charge in [0.1, 0.15) is 5.01 Å². The lowest BCUT2D eigenvalue weighted by molar-refractivity contribution is 0.101. The highest BCUT2D eigenvalue weighted by Gasteiger charge is 2.41. The highest BCUT2D eigenvalue weighted by Crippen LogP contribution is 2.42. The van der Waals surface area contributed by atoms with Crippen molar-refractivity contribution in [3.05, 3.63) is 52.6 Å². The van der Waals surface area contributed by atoms with E-state index in [2.05, 4.69) is 63.3 Å². The van der Waals surface area contributed by atoms with Crippen molar-refractivity contribution >= 4 is 22.2 Å². The molecule has 124 valence electrons. The van der Waals surface area contributed by atoms with Crippen molar-refractivity contribution in [3.63, 3.8) is 0 Å². The van der Waals surface area contributed by atoms with Crippen molar-refractivity contribution in [3.8, 4) is 0 Å². The molecule has 2 saturated heterocycles. The Labute approximate surface area is 146 Å². The number of para-hydroxylation sites is 1. The summed E-state index contributed by atoms with van der Waals surface area (Å²) < 4.78 is 2.53. The van der Waals surface area contributed by atoms with Crippen molar-refractivity contribution in [1.82, 2.24) is 14.5 Å². The van der Waals surface area contributed by atoms with Gasteiger partial charge in [0.2, 0.25) is 0 Å². The van der Waals surface area contributed by atoms with Gasteiger partial charge < -0.3 is 4.57 Å². The molecule has 2 aromatic heterocycles. The fourth-order valence-electron chi connectivity index (χ4n) is 4.79. The van der Waals surface area contributed by atoms with Crippen LogP contribution in [0.25, 0.3) is 10.9 Å². The maximum absolute atomic E-state index is 4.68. The van der Waals surface area contributed by atoms with E-state index >= 15 is 0 Å². The normalized spacial score (nSPS) is 27.1. The standard InChI is InChI=1S/C20H23N3S/c1-14-13-24-20(21-14)12-23-16-6-7-17(23)11-18(10-16)22-9-8-15-4-2-3-5-19(15)22/h2-5,8-9,13,16-18H,6-7,10-12H2,1H3/t16-,17+,18?. The summed E-state index contributed by atoms with van der Waals surface area (Å²) in [4.78, 5) is 7.42. The molecule has 0 amide bonds. The minimum absolute atomic E-state index is 0.650. The minimum Gasteiger partial charge on any atom is -0.344 e. The van der Waals surface area contributed by atoms with Gasteiger partial charge >= 0.3 is 0 Å². The van der Waals surface area contributed by atoms with Crippen LogP contribution in [0.1, 0.15) is 42.4 Å². The molecule has 0 spiro atoms. The minimum atomic E-state index is 0.650. The Morgan fingerprint density at radius 3 is 2.62 bits per heavy atom. The molecule has 0 radical (unpaired) electrons. The zero-order valence-corrected chi connectivity index (χ0v) is 14.9. The molecule has 4 heterocycles. The number of rotatable bonds is 3. The number of thiazole rings is 1. The van der Waals surface area contributed by atoms with Gasteiger partial charge in [-0.15, -0.1) is 11.3 Å². The lowest BCUT2D eigenvalue weighted by Crippen LogP contribution is -2.42. The summed E-state index contributed by atoms with van der Waals surface area (Å²) in [6.45, 7) is 3.14. The first kappa shape index (κ1) is 14.7. The number of hydrogen-bond acceptors (Lipinski definition) is 3. The molecule has 0 N–H and O–H groups in total. The zero-order valence-electron chi connectivity index (χ0n) is 14.1. The predicted octanol–water partition coefficient (Wildman–Crippen LogP) is 4.77. The highest BCUT2D eigenvalue weighted by atomic mass is 32.1. The van der Waals surface area contributed by atoms with Crippen LogP contribution in [0.5, 0.6) is 0 Å². The number of aryl methyl sites for hydroxylation is 1. The van der Waals surface area contributed by atoms with Gasteiger partial charge in [0, 0.05) is 40.9 Å². The van der Waals surface area contributed by atoms with E-state index in [1.807, 2.05) is 11.3 Å². The summed E-state index contributed by atoms with van der Waals surface area (Å²) in [7, 11) is 0. The molecule has 4 heteroatoms. The first-order valence-corrected chi connectivity index (χ1v) is 9.88. The van der Waals surface area contributed by atoms with E-state index in [0.29, 0.717) is 6.04 Å². The molecular formula is C20H23N3S. The van der Waals surface area contributed by atoms with E-state index < -0.39 is 0 Å². The average molecular weight is 337 g/mol. The zero-order chi connectivity index (χ0) is 16.1. The molecule has 2 aliphatic rings. The van der Waals surface area contributed by atoms with Crippen LogP contribution >= 0.6 is 11.3 Å². The van der Waals surface area contributed by atoms with Crippen LogP contribution in [0.15, 0.2) is 41.9 Å². The van der Waals surface area contributed by atoms with Crippen LogP contribution in [0.4, 0.5) is 0 Å². The van der Waals surface area contributed by atoms with Crippen molar-refractivity contribution in [2.45, 2.75) is 57.3 Å². The van der Waals surface area contributed by atoms with Gasteiger partial charge in [-0.25, -0.2) is 4.98 Å². The molecule has 3 aromatic rings. The third kappa shape index (κ3) is 2.40. The second-order valence-electron chi connectivity index (χ2n) is 7.35. The number of piperidine rings is 1. The second kappa shape index (κ2) is 5.71. The molecule has 5 rings (SSSR count). The first-order chi connectivity index (χ1) is 11.8. The molecule has 24 heavy (non-hydrogen) atoms. The van der Waals surface area contributed by atoms with Gasteiger partial charge in [-0.2, -0.15) is 0 Å². The molecule has 1 unspecified atom stereocenters. The van der Waals surface area contributed by atoms with Crippen molar-refractivity contribution < 1.29 is 0 Å². The van der Waals surface area contributed by atoms with Crippen LogP contribution in [-0.4, -0.2) is 26.5 Å². The summed E-state index contributed by atoms with van der Waals surface area (Å²) in [5, 5.41) is 4.83. The molecular weight excluding hydrogens is 314 g/mol. The number of aromatic nitrogens is 2. The third-order valence-corrected chi connectivity index (χ3v) is 6.82. The summed E-state index contributed by atoms with van der Waals surface area (Å²) in [5.74, 6) is 0. The summed E-state index contributed by atoms with van der Waals surface area (Å²) >= 11 is 1.82.